The van der Waals surface area contributed by atoms with E-state index in [0.29, 0.717) is 0 Å². The third-order valence-corrected chi connectivity index (χ3v) is 7.77. The topological polar surface area (TPSA) is 56.8 Å². The van der Waals surface area contributed by atoms with Gasteiger partial charge in [-0.3, -0.25) is 0 Å². The molecule has 0 aromatic carbocycles. The van der Waals surface area contributed by atoms with Crippen molar-refractivity contribution in [3.63, 3.8) is 0 Å². The summed E-state index contributed by atoms with van der Waals surface area (Å²) in [7, 11) is 1.53. The van der Waals surface area contributed by atoms with Gasteiger partial charge < -0.3 is 4.43 Å². The molecule has 0 aliphatic carbocycles. The van der Waals surface area contributed by atoms with Gasteiger partial charge in [-0.15, -0.1) is 0 Å². The summed E-state index contributed by atoms with van der Waals surface area (Å²) >= 11 is 2.13. The summed E-state index contributed by atoms with van der Waals surface area (Å²) in [5, 5.41) is 20.5. The van der Waals surface area contributed by atoms with E-state index in [1.807, 2.05) is 17.3 Å². The van der Waals surface area contributed by atoms with Gasteiger partial charge in [-0.1, -0.05) is 0 Å². The lowest BCUT2D eigenvalue weighted by Gasteiger charge is -2.14. The molecule has 6 heteroatoms. The van der Waals surface area contributed by atoms with Gasteiger partial charge in [0.1, 0.15) is 10.8 Å². The molecule has 0 atom stereocenters. The van der Waals surface area contributed by atoms with Crippen LogP contribution in [0.5, 0.6) is 0 Å². The Balaban J connectivity index is 4.00. The van der Waals surface area contributed by atoms with Crippen LogP contribution < -0.4 is 0 Å². The maximum atomic E-state index is 8.30. The van der Waals surface area contributed by atoms with E-state index in [-0.39, 0.29) is 0 Å². The molecule has 10 heavy (non-hydrogen) atoms. The lowest BCUT2D eigenvalue weighted by molar-refractivity contribution is 0.436. The van der Waals surface area contributed by atoms with Gasteiger partial charge in [0, 0.05) is 7.11 Å². The SMILES string of the molecule is CO[Si](C)(SC#N)SC#N. The van der Waals surface area contributed by atoms with Crippen molar-refractivity contribution in [2.45, 2.75) is 6.55 Å². The highest BCUT2D eigenvalue weighted by atomic mass is 32.6. The zero-order valence-corrected chi connectivity index (χ0v) is 8.25. The van der Waals surface area contributed by atoms with Gasteiger partial charge in [-0.05, 0) is 29.0 Å². The summed E-state index contributed by atoms with van der Waals surface area (Å²) in [5.74, 6) is 0. The van der Waals surface area contributed by atoms with Crippen molar-refractivity contribution < 1.29 is 4.43 Å². The average molecular weight is 190 g/mol. The van der Waals surface area contributed by atoms with E-state index >= 15 is 0 Å². The van der Waals surface area contributed by atoms with Gasteiger partial charge in [0.2, 0.25) is 0 Å². The largest absolute Gasteiger partial charge is 0.401 e. The maximum absolute atomic E-state index is 8.30. The summed E-state index contributed by atoms with van der Waals surface area (Å²) in [6.45, 7) is -0.298. The lowest BCUT2D eigenvalue weighted by Crippen LogP contribution is -2.23. The number of thiocyanates is 2. The third-order valence-electron chi connectivity index (χ3n) is 0.833. The van der Waals surface area contributed by atoms with Crippen molar-refractivity contribution in [3.8, 4) is 10.8 Å². The summed E-state index contributed by atoms with van der Waals surface area (Å²) in [6.07, 6.45) is 0. The predicted molar refractivity (Wildman–Crippen MR) is 45.0 cm³/mol. The number of rotatable bonds is 3. The molecule has 0 aromatic rings. The van der Waals surface area contributed by atoms with Crippen LogP contribution >= 0.6 is 22.4 Å². The van der Waals surface area contributed by atoms with Crippen molar-refractivity contribution in [1.29, 1.82) is 10.5 Å². The summed E-state index contributed by atoms with van der Waals surface area (Å²) in [4.78, 5) is 0. The highest BCUT2D eigenvalue weighted by Crippen LogP contribution is 2.30. The van der Waals surface area contributed by atoms with E-state index in [2.05, 4.69) is 0 Å². The second-order valence-corrected chi connectivity index (χ2v) is 11.0. The molecule has 0 fully saturated rings. The highest BCUT2D eigenvalue weighted by Gasteiger charge is 2.31. The smallest absolute Gasteiger partial charge is 0.344 e. The normalized spacial score (nSPS) is 10.0. The molecule has 0 radical (unpaired) electrons. The van der Waals surface area contributed by atoms with Gasteiger partial charge in [0.05, 0.1) is 0 Å². The van der Waals surface area contributed by atoms with Crippen molar-refractivity contribution in [2.24, 2.45) is 0 Å². The molecule has 0 saturated carbocycles. The van der Waals surface area contributed by atoms with Crippen LogP contribution in [0, 0.1) is 21.3 Å². The average Bonchev–Trinajstić information content (AvgIpc) is 1.89. The van der Waals surface area contributed by atoms with E-state index in [1.165, 1.54) is 7.11 Å². The van der Waals surface area contributed by atoms with Crippen molar-refractivity contribution >= 4 is 29.0 Å². The summed E-state index contributed by atoms with van der Waals surface area (Å²) in [5.41, 5.74) is 0. The first-order valence-corrected chi connectivity index (χ1v) is 7.87. The van der Waals surface area contributed by atoms with Crippen LogP contribution in [0.4, 0.5) is 0 Å². The van der Waals surface area contributed by atoms with E-state index < -0.39 is 6.62 Å². The van der Waals surface area contributed by atoms with E-state index in [0.717, 1.165) is 22.4 Å². The van der Waals surface area contributed by atoms with Crippen molar-refractivity contribution in [3.05, 3.63) is 0 Å². The van der Waals surface area contributed by atoms with Crippen LogP contribution in [0.25, 0.3) is 0 Å². The minimum Gasteiger partial charge on any atom is -0.401 e. The monoisotopic (exact) mass is 190 g/mol. The highest BCUT2D eigenvalue weighted by molar-refractivity contribution is 8.60. The van der Waals surface area contributed by atoms with Crippen LogP contribution in [0.15, 0.2) is 0 Å². The van der Waals surface area contributed by atoms with Crippen LogP contribution in [-0.4, -0.2) is 13.7 Å². The molecule has 0 amide bonds. The van der Waals surface area contributed by atoms with Gasteiger partial charge in [0.25, 0.3) is 0 Å². The Morgan fingerprint density at radius 3 is 1.90 bits per heavy atom. The quantitative estimate of drug-likeness (QED) is 0.500. The molecule has 0 aromatic heterocycles. The zero-order chi connectivity index (χ0) is 8.04. The Labute approximate surface area is 68.8 Å². The number of hydrogen-bond acceptors (Lipinski definition) is 5. The molecule has 0 saturated heterocycles. The molecule has 3 nitrogen and oxygen atoms in total. The number of nitrogens with zero attached hydrogens (tertiary/aromatic N) is 2. The Kier molecular flexibility index (Phi) is 4.57. The number of hydrogen-bond donors (Lipinski definition) is 0. The van der Waals surface area contributed by atoms with Crippen molar-refractivity contribution in [2.75, 3.05) is 7.11 Å². The van der Waals surface area contributed by atoms with E-state index in [1.54, 1.807) is 0 Å². The molecule has 0 N–H and O–H groups in total. The van der Waals surface area contributed by atoms with Crippen LogP contribution in [0.1, 0.15) is 0 Å². The fraction of sp³-hybridized carbons (Fsp3) is 0.500. The molecular formula is C4H6N2OS2Si. The molecular weight excluding hydrogens is 184 g/mol. The Hall–Kier alpha value is -0.143. The molecule has 54 valence electrons. The van der Waals surface area contributed by atoms with Crippen LogP contribution in [-0.2, 0) is 4.43 Å². The maximum Gasteiger partial charge on any atom is 0.344 e. The fourth-order valence-electron chi connectivity index (χ4n) is 0.270. The minimum absolute atomic E-state index is 1.07. The van der Waals surface area contributed by atoms with Crippen molar-refractivity contribution in [1.82, 2.24) is 0 Å². The standard InChI is InChI=1S/C4H6N2OS2Si/c1-7-10(2,8-3-5)9-4-6/h1-2H3. The molecule has 0 unspecified atom stereocenters. The van der Waals surface area contributed by atoms with E-state index in [4.69, 9.17) is 14.9 Å². The minimum atomic E-state index is -2.11. The lowest BCUT2D eigenvalue weighted by atomic mass is 11.8. The first-order valence-electron chi connectivity index (χ1n) is 2.38. The molecule has 0 aliphatic heterocycles. The Bertz CT molecular complexity index is 169. The van der Waals surface area contributed by atoms with E-state index in [9.17, 15) is 0 Å². The summed E-state index contributed by atoms with van der Waals surface area (Å²) in [6, 6.07) is 0. The first-order chi connectivity index (χ1) is 4.68. The van der Waals surface area contributed by atoms with Crippen LogP contribution in [0.3, 0.4) is 0 Å². The van der Waals surface area contributed by atoms with Crippen LogP contribution in [0.2, 0.25) is 6.55 Å². The zero-order valence-electron chi connectivity index (χ0n) is 5.62. The first kappa shape index (κ1) is 9.86. The number of nitriles is 2. The Morgan fingerprint density at radius 1 is 1.30 bits per heavy atom. The molecule has 0 heterocycles. The second kappa shape index (κ2) is 4.64. The Morgan fingerprint density at radius 2 is 1.70 bits per heavy atom. The molecule has 0 aliphatic rings. The molecule has 0 rings (SSSR count). The van der Waals surface area contributed by atoms with Gasteiger partial charge >= 0.3 is 6.62 Å². The fourth-order valence-corrected chi connectivity index (χ4v) is 3.48. The molecule has 0 bridgehead atoms. The van der Waals surface area contributed by atoms with Gasteiger partial charge in [-0.2, -0.15) is 10.5 Å². The predicted octanol–water partition coefficient (Wildman–Crippen LogP) is 1.63. The molecule has 0 spiro atoms. The third kappa shape index (κ3) is 3.13. The summed E-state index contributed by atoms with van der Waals surface area (Å²) < 4.78 is 5.04. The van der Waals surface area contributed by atoms with Gasteiger partial charge in [0.15, 0.2) is 0 Å². The van der Waals surface area contributed by atoms with Gasteiger partial charge in [-0.25, -0.2) is 0 Å². The second-order valence-electron chi connectivity index (χ2n) is 1.45.